The van der Waals surface area contributed by atoms with Gasteiger partial charge in [0.05, 0.1) is 0 Å². The highest BCUT2D eigenvalue weighted by Gasteiger charge is 2.07. The highest BCUT2D eigenvalue weighted by molar-refractivity contribution is 4.71. The van der Waals surface area contributed by atoms with Gasteiger partial charge in [-0.3, -0.25) is 0 Å². The molecule has 0 radical (unpaired) electrons. The molecule has 0 aromatic carbocycles. The van der Waals surface area contributed by atoms with Crippen molar-refractivity contribution in [1.82, 2.24) is 21.3 Å². The van der Waals surface area contributed by atoms with Gasteiger partial charge in [0.15, 0.2) is 0 Å². The summed E-state index contributed by atoms with van der Waals surface area (Å²) in [5.74, 6) is 0. The van der Waals surface area contributed by atoms with Gasteiger partial charge in [-0.05, 0) is 20.3 Å². The van der Waals surface area contributed by atoms with Crippen LogP contribution >= 0.6 is 0 Å². The van der Waals surface area contributed by atoms with Crippen molar-refractivity contribution in [1.29, 1.82) is 0 Å². The Hall–Kier alpha value is -0.160. The first-order chi connectivity index (χ1) is 7.29. The molecule has 1 saturated heterocycles. The van der Waals surface area contributed by atoms with Crippen molar-refractivity contribution >= 4 is 0 Å². The van der Waals surface area contributed by atoms with E-state index in [0.29, 0.717) is 12.1 Å². The fourth-order valence-corrected chi connectivity index (χ4v) is 1.94. The standard InChI is InChI=1S/C11H26N4/c1-10-9-11(2)15-8-6-13-4-3-12-5-7-14-10/h10-15H,3-9H2,1-2H3. The highest BCUT2D eigenvalue weighted by Crippen LogP contribution is 1.96. The SMILES string of the molecule is CC1CC(C)NCCNCCNCCN1. The minimum atomic E-state index is 0.600. The summed E-state index contributed by atoms with van der Waals surface area (Å²) in [5.41, 5.74) is 0. The fraction of sp³-hybridized carbons (Fsp3) is 1.00. The second-order valence-corrected chi connectivity index (χ2v) is 4.45. The number of hydrogen-bond donors (Lipinski definition) is 4. The molecule has 90 valence electrons. The molecule has 4 N–H and O–H groups in total. The lowest BCUT2D eigenvalue weighted by Gasteiger charge is -2.19. The molecular formula is C11H26N4. The van der Waals surface area contributed by atoms with E-state index in [1.807, 2.05) is 0 Å². The van der Waals surface area contributed by atoms with E-state index in [0.717, 1.165) is 39.3 Å². The predicted octanol–water partition coefficient (Wildman–Crippen LogP) is -0.474. The molecule has 2 unspecified atom stereocenters. The smallest absolute Gasteiger partial charge is 0.00792 e. The zero-order valence-corrected chi connectivity index (χ0v) is 10.1. The molecule has 1 heterocycles. The summed E-state index contributed by atoms with van der Waals surface area (Å²) in [4.78, 5) is 0. The first-order valence-corrected chi connectivity index (χ1v) is 6.17. The fourth-order valence-electron chi connectivity index (χ4n) is 1.94. The van der Waals surface area contributed by atoms with Gasteiger partial charge in [-0.15, -0.1) is 0 Å². The van der Waals surface area contributed by atoms with Gasteiger partial charge in [0.1, 0.15) is 0 Å². The maximum atomic E-state index is 3.53. The Bertz CT molecular complexity index is 136. The molecule has 0 bridgehead atoms. The number of nitrogens with one attached hydrogen (secondary N) is 4. The van der Waals surface area contributed by atoms with Crippen LogP contribution in [-0.4, -0.2) is 51.4 Å². The minimum Gasteiger partial charge on any atom is -0.314 e. The largest absolute Gasteiger partial charge is 0.314 e. The second-order valence-electron chi connectivity index (χ2n) is 4.45. The monoisotopic (exact) mass is 214 g/mol. The minimum absolute atomic E-state index is 0.600. The third-order valence-corrected chi connectivity index (χ3v) is 2.77. The van der Waals surface area contributed by atoms with Crippen molar-refractivity contribution in [2.75, 3.05) is 39.3 Å². The van der Waals surface area contributed by atoms with Gasteiger partial charge in [-0.1, -0.05) is 0 Å². The van der Waals surface area contributed by atoms with Crippen molar-refractivity contribution in [2.24, 2.45) is 0 Å². The Balaban J connectivity index is 2.23. The molecule has 0 aromatic rings. The van der Waals surface area contributed by atoms with Crippen LogP contribution in [0.15, 0.2) is 0 Å². The molecule has 0 amide bonds. The zero-order valence-electron chi connectivity index (χ0n) is 10.1. The summed E-state index contributed by atoms with van der Waals surface area (Å²) in [6.07, 6.45) is 1.19. The number of hydrogen-bond acceptors (Lipinski definition) is 4. The summed E-state index contributed by atoms with van der Waals surface area (Å²) < 4.78 is 0. The lowest BCUT2D eigenvalue weighted by atomic mass is 10.1. The summed E-state index contributed by atoms with van der Waals surface area (Å²) in [7, 11) is 0. The van der Waals surface area contributed by atoms with Crippen molar-refractivity contribution in [3.63, 3.8) is 0 Å². The summed E-state index contributed by atoms with van der Waals surface area (Å²) in [6.45, 7) is 10.9. The van der Waals surface area contributed by atoms with Crippen molar-refractivity contribution in [2.45, 2.75) is 32.4 Å². The molecule has 4 heteroatoms. The average molecular weight is 214 g/mol. The normalized spacial score (nSPS) is 32.4. The lowest BCUT2D eigenvalue weighted by Crippen LogP contribution is -2.38. The van der Waals surface area contributed by atoms with Gasteiger partial charge in [-0.2, -0.15) is 0 Å². The average Bonchev–Trinajstić information content (AvgIpc) is 2.21. The van der Waals surface area contributed by atoms with E-state index in [2.05, 4.69) is 35.1 Å². The van der Waals surface area contributed by atoms with Crippen LogP contribution in [0.1, 0.15) is 20.3 Å². The Labute approximate surface area is 93.6 Å². The molecule has 1 fully saturated rings. The van der Waals surface area contributed by atoms with Crippen LogP contribution in [0.2, 0.25) is 0 Å². The quantitative estimate of drug-likeness (QED) is 0.440. The van der Waals surface area contributed by atoms with Crippen molar-refractivity contribution < 1.29 is 0 Å². The molecular weight excluding hydrogens is 188 g/mol. The van der Waals surface area contributed by atoms with E-state index in [1.165, 1.54) is 6.42 Å². The van der Waals surface area contributed by atoms with Crippen LogP contribution in [-0.2, 0) is 0 Å². The van der Waals surface area contributed by atoms with Crippen LogP contribution in [0.3, 0.4) is 0 Å². The Morgan fingerprint density at radius 2 is 1.07 bits per heavy atom. The second kappa shape index (κ2) is 8.05. The van der Waals surface area contributed by atoms with Gasteiger partial charge >= 0.3 is 0 Å². The third kappa shape index (κ3) is 6.84. The first-order valence-electron chi connectivity index (χ1n) is 6.17. The maximum Gasteiger partial charge on any atom is 0.00792 e. The van der Waals surface area contributed by atoms with Crippen LogP contribution in [0.25, 0.3) is 0 Å². The molecule has 15 heavy (non-hydrogen) atoms. The molecule has 0 saturated carbocycles. The lowest BCUT2D eigenvalue weighted by molar-refractivity contribution is 0.428. The Morgan fingerprint density at radius 1 is 0.667 bits per heavy atom. The van der Waals surface area contributed by atoms with Crippen LogP contribution in [0.5, 0.6) is 0 Å². The summed E-state index contributed by atoms with van der Waals surface area (Å²) >= 11 is 0. The Kier molecular flexibility index (Phi) is 6.92. The van der Waals surface area contributed by atoms with E-state index in [9.17, 15) is 0 Å². The van der Waals surface area contributed by atoms with Gasteiger partial charge in [-0.25, -0.2) is 0 Å². The third-order valence-electron chi connectivity index (χ3n) is 2.77. The van der Waals surface area contributed by atoms with Crippen LogP contribution in [0, 0.1) is 0 Å². The molecule has 4 nitrogen and oxygen atoms in total. The highest BCUT2D eigenvalue weighted by atomic mass is 15.0. The van der Waals surface area contributed by atoms with E-state index in [4.69, 9.17) is 0 Å². The maximum absolute atomic E-state index is 3.53. The van der Waals surface area contributed by atoms with Crippen LogP contribution in [0.4, 0.5) is 0 Å². The summed E-state index contributed by atoms with van der Waals surface area (Å²) in [6, 6.07) is 1.20. The van der Waals surface area contributed by atoms with Crippen molar-refractivity contribution in [3.8, 4) is 0 Å². The van der Waals surface area contributed by atoms with E-state index in [1.54, 1.807) is 0 Å². The molecule has 1 aliphatic heterocycles. The molecule has 0 aliphatic carbocycles. The predicted molar refractivity (Wildman–Crippen MR) is 65.3 cm³/mol. The zero-order chi connectivity index (χ0) is 10.9. The summed E-state index contributed by atoms with van der Waals surface area (Å²) in [5, 5.41) is 13.9. The Morgan fingerprint density at radius 3 is 1.53 bits per heavy atom. The van der Waals surface area contributed by atoms with E-state index < -0.39 is 0 Å². The van der Waals surface area contributed by atoms with Gasteiger partial charge in [0, 0.05) is 51.4 Å². The van der Waals surface area contributed by atoms with Crippen LogP contribution < -0.4 is 21.3 Å². The molecule has 1 rings (SSSR count). The van der Waals surface area contributed by atoms with Crippen molar-refractivity contribution in [3.05, 3.63) is 0 Å². The van der Waals surface area contributed by atoms with E-state index in [-0.39, 0.29) is 0 Å². The number of rotatable bonds is 0. The topological polar surface area (TPSA) is 48.1 Å². The van der Waals surface area contributed by atoms with Gasteiger partial charge in [0.2, 0.25) is 0 Å². The molecule has 1 aliphatic rings. The molecule has 0 spiro atoms. The van der Waals surface area contributed by atoms with Gasteiger partial charge < -0.3 is 21.3 Å². The first kappa shape index (κ1) is 12.9. The van der Waals surface area contributed by atoms with Gasteiger partial charge in [0.25, 0.3) is 0 Å². The molecule has 0 aromatic heterocycles. The molecule has 2 atom stereocenters. The van der Waals surface area contributed by atoms with E-state index >= 15 is 0 Å².